The maximum atomic E-state index is 11.6. The van der Waals surface area contributed by atoms with Gasteiger partial charge in [0, 0.05) is 18.0 Å². The third-order valence-electron chi connectivity index (χ3n) is 2.41. The normalized spacial score (nSPS) is 11.6. The first-order chi connectivity index (χ1) is 9.65. The van der Waals surface area contributed by atoms with E-state index in [-0.39, 0.29) is 11.6 Å². The molecule has 3 N–H and O–H groups in total. The van der Waals surface area contributed by atoms with Crippen molar-refractivity contribution in [3.63, 3.8) is 0 Å². The standard InChI is InChI=1S/C11H11N5O3S/c17-9(18)8(6-7-4-2-1-3-5-7)12-10(19)13-11-14-15-16-20-11/h1-5,8H,6H2,(H,17,18)(H2,12,13,14,16,19)/t8-/m0/s1. The summed E-state index contributed by atoms with van der Waals surface area (Å²) < 4.78 is 3.48. The van der Waals surface area contributed by atoms with Crippen LogP contribution >= 0.6 is 11.5 Å². The van der Waals surface area contributed by atoms with Gasteiger partial charge in [-0.25, -0.2) is 9.59 Å². The molecular weight excluding hydrogens is 282 g/mol. The molecule has 1 atom stereocenters. The van der Waals surface area contributed by atoms with Gasteiger partial charge in [0.15, 0.2) is 0 Å². The maximum absolute atomic E-state index is 11.6. The zero-order valence-electron chi connectivity index (χ0n) is 10.2. The summed E-state index contributed by atoms with van der Waals surface area (Å²) in [5, 5.41) is 20.9. The number of nitrogens with zero attached hydrogens (tertiary/aromatic N) is 3. The lowest BCUT2D eigenvalue weighted by Gasteiger charge is -2.14. The SMILES string of the molecule is O=C(Nc1nnns1)N[C@@H](Cc1ccccc1)C(=O)O. The average Bonchev–Trinajstić information content (AvgIpc) is 2.92. The summed E-state index contributed by atoms with van der Waals surface area (Å²) >= 11 is 0.899. The van der Waals surface area contributed by atoms with Crippen LogP contribution in [0.25, 0.3) is 0 Å². The van der Waals surface area contributed by atoms with Gasteiger partial charge in [-0.05, 0) is 10.8 Å². The van der Waals surface area contributed by atoms with Crippen molar-refractivity contribution < 1.29 is 14.7 Å². The zero-order valence-corrected chi connectivity index (χ0v) is 11.0. The van der Waals surface area contributed by atoms with Gasteiger partial charge in [0.2, 0.25) is 5.13 Å². The Morgan fingerprint density at radius 3 is 2.65 bits per heavy atom. The van der Waals surface area contributed by atoms with Gasteiger partial charge in [-0.2, -0.15) is 0 Å². The van der Waals surface area contributed by atoms with Crippen LogP contribution in [0.3, 0.4) is 0 Å². The van der Waals surface area contributed by atoms with Crippen LogP contribution in [0.15, 0.2) is 30.3 Å². The van der Waals surface area contributed by atoms with Gasteiger partial charge < -0.3 is 10.4 Å². The molecular formula is C11H11N5O3S. The van der Waals surface area contributed by atoms with Crippen molar-refractivity contribution in [3.8, 4) is 0 Å². The largest absolute Gasteiger partial charge is 0.480 e. The van der Waals surface area contributed by atoms with E-state index in [1.54, 1.807) is 24.3 Å². The molecule has 2 rings (SSSR count). The molecule has 0 fully saturated rings. The van der Waals surface area contributed by atoms with Crippen molar-refractivity contribution in [1.82, 2.24) is 20.1 Å². The van der Waals surface area contributed by atoms with E-state index in [4.69, 9.17) is 5.11 Å². The van der Waals surface area contributed by atoms with E-state index in [1.165, 1.54) is 0 Å². The molecule has 0 saturated carbocycles. The first-order valence-electron chi connectivity index (χ1n) is 5.64. The van der Waals surface area contributed by atoms with Gasteiger partial charge in [0.25, 0.3) is 0 Å². The lowest BCUT2D eigenvalue weighted by Crippen LogP contribution is -2.44. The molecule has 0 saturated heterocycles. The summed E-state index contributed by atoms with van der Waals surface area (Å²) in [5.74, 6) is -1.11. The number of benzene rings is 1. The fourth-order valence-corrected chi connectivity index (χ4v) is 1.88. The number of carboxylic acid groups (broad SMARTS) is 1. The van der Waals surface area contributed by atoms with E-state index in [0.29, 0.717) is 0 Å². The summed E-state index contributed by atoms with van der Waals surface area (Å²) in [6, 6.07) is 7.35. The first-order valence-corrected chi connectivity index (χ1v) is 6.42. The predicted molar refractivity (Wildman–Crippen MR) is 71.4 cm³/mol. The quantitative estimate of drug-likeness (QED) is 0.749. The summed E-state index contributed by atoms with van der Waals surface area (Å²) in [5.41, 5.74) is 0.817. The molecule has 1 aromatic heterocycles. The molecule has 2 amide bonds. The first kappa shape index (κ1) is 13.9. The van der Waals surface area contributed by atoms with Gasteiger partial charge >= 0.3 is 12.0 Å². The number of carbonyl (C=O) groups is 2. The summed E-state index contributed by atoms with van der Waals surface area (Å²) in [6.45, 7) is 0. The van der Waals surface area contributed by atoms with Crippen molar-refractivity contribution in [1.29, 1.82) is 0 Å². The number of hydrogen-bond acceptors (Lipinski definition) is 6. The van der Waals surface area contributed by atoms with Crippen molar-refractivity contribution in [2.75, 3.05) is 5.32 Å². The number of carboxylic acids is 1. The molecule has 1 aromatic carbocycles. The molecule has 0 aliphatic heterocycles. The lowest BCUT2D eigenvalue weighted by atomic mass is 10.1. The van der Waals surface area contributed by atoms with E-state index in [1.807, 2.05) is 6.07 Å². The van der Waals surface area contributed by atoms with Crippen LogP contribution in [0.5, 0.6) is 0 Å². The Bertz CT molecular complexity index is 575. The highest BCUT2D eigenvalue weighted by atomic mass is 32.1. The number of aromatic nitrogens is 3. The fraction of sp³-hybridized carbons (Fsp3) is 0.182. The van der Waals surface area contributed by atoms with Gasteiger partial charge in [0.05, 0.1) is 0 Å². The molecule has 0 aliphatic rings. The topological polar surface area (TPSA) is 117 Å². The third-order valence-corrected chi connectivity index (χ3v) is 2.92. The van der Waals surface area contributed by atoms with E-state index >= 15 is 0 Å². The molecule has 2 aromatic rings. The molecule has 9 heteroatoms. The highest BCUT2D eigenvalue weighted by Gasteiger charge is 2.20. The Morgan fingerprint density at radius 2 is 2.05 bits per heavy atom. The summed E-state index contributed by atoms with van der Waals surface area (Å²) in [7, 11) is 0. The number of aliphatic carboxylic acids is 1. The Balaban J connectivity index is 1.95. The second-order valence-electron chi connectivity index (χ2n) is 3.85. The van der Waals surface area contributed by atoms with Crippen LogP contribution in [0, 0.1) is 0 Å². The van der Waals surface area contributed by atoms with Crippen LogP contribution in [-0.2, 0) is 11.2 Å². The molecule has 0 spiro atoms. The minimum absolute atomic E-state index is 0.192. The van der Waals surface area contributed by atoms with Gasteiger partial charge in [-0.3, -0.25) is 5.32 Å². The Kier molecular flexibility index (Phi) is 4.56. The molecule has 0 bridgehead atoms. The fourth-order valence-electron chi connectivity index (χ4n) is 1.52. The Labute approximate surface area is 118 Å². The van der Waals surface area contributed by atoms with Crippen LogP contribution in [0.2, 0.25) is 0 Å². The molecule has 8 nitrogen and oxygen atoms in total. The van der Waals surface area contributed by atoms with Crippen molar-refractivity contribution in [3.05, 3.63) is 35.9 Å². The monoisotopic (exact) mass is 293 g/mol. The van der Waals surface area contributed by atoms with Gasteiger partial charge in [-0.15, -0.1) is 0 Å². The minimum atomic E-state index is -1.11. The van der Waals surface area contributed by atoms with E-state index < -0.39 is 18.0 Å². The van der Waals surface area contributed by atoms with Crippen molar-refractivity contribution in [2.24, 2.45) is 0 Å². The molecule has 1 heterocycles. The number of rotatable bonds is 5. The highest BCUT2D eigenvalue weighted by molar-refractivity contribution is 7.09. The van der Waals surface area contributed by atoms with Crippen LogP contribution in [0.4, 0.5) is 9.93 Å². The molecule has 0 radical (unpaired) electrons. The molecule has 0 aliphatic carbocycles. The molecule has 20 heavy (non-hydrogen) atoms. The second-order valence-corrected chi connectivity index (χ2v) is 4.58. The smallest absolute Gasteiger partial charge is 0.326 e. The number of amides is 2. The highest BCUT2D eigenvalue weighted by Crippen LogP contribution is 2.06. The maximum Gasteiger partial charge on any atom is 0.326 e. The number of anilines is 1. The Hall–Kier alpha value is -2.55. The minimum Gasteiger partial charge on any atom is -0.480 e. The van der Waals surface area contributed by atoms with Gasteiger partial charge in [0.1, 0.15) is 6.04 Å². The van der Waals surface area contributed by atoms with Crippen LogP contribution in [0.1, 0.15) is 5.56 Å². The number of hydrogen-bond donors (Lipinski definition) is 3. The Morgan fingerprint density at radius 1 is 1.30 bits per heavy atom. The average molecular weight is 293 g/mol. The number of nitrogens with one attached hydrogen (secondary N) is 2. The van der Waals surface area contributed by atoms with Gasteiger partial charge in [-0.1, -0.05) is 39.9 Å². The summed E-state index contributed by atoms with van der Waals surface area (Å²) in [4.78, 5) is 22.8. The molecule has 104 valence electrons. The van der Waals surface area contributed by atoms with Crippen LogP contribution in [-0.4, -0.2) is 37.9 Å². The van der Waals surface area contributed by atoms with Crippen molar-refractivity contribution in [2.45, 2.75) is 12.5 Å². The third kappa shape index (κ3) is 3.99. The van der Waals surface area contributed by atoms with Crippen molar-refractivity contribution >= 4 is 28.7 Å². The second kappa shape index (κ2) is 6.57. The van der Waals surface area contributed by atoms with E-state index in [0.717, 1.165) is 17.1 Å². The lowest BCUT2D eigenvalue weighted by molar-refractivity contribution is -0.139. The zero-order chi connectivity index (χ0) is 14.4. The molecule has 0 unspecified atom stereocenters. The van der Waals surface area contributed by atoms with E-state index in [9.17, 15) is 9.59 Å². The summed E-state index contributed by atoms with van der Waals surface area (Å²) in [6.07, 6.45) is 0.192. The number of urea groups is 1. The predicted octanol–water partition coefficient (Wildman–Crippen LogP) is 0.750. The number of carbonyl (C=O) groups excluding carboxylic acids is 1. The van der Waals surface area contributed by atoms with E-state index in [2.05, 4.69) is 25.4 Å². The van der Waals surface area contributed by atoms with Crippen LogP contribution < -0.4 is 10.6 Å².